The van der Waals surface area contributed by atoms with Gasteiger partial charge in [-0.3, -0.25) is 14.9 Å². The lowest BCUT2D eigenvalue weighted by Crippen LogP contribution is -2.08. The third-order valence-corrected chi connectivity index (χ3v) is 2.87. The third-order valence-electron chi connectivity index (χ3n) is 2.87. The molecule has 0 aliphatic carbocycles. The van der Waals surface area contributed by atoms with Crippen molar-refractivity contribution in [2.45, 2.75) is 0 Å². The summed E-state index contributed by atoms with van der Waals surface area (Å²) in [4.78, 5) is 22.2. The summed E-state index contributed by atoms with van der Waals surface area (Å²) in [5, 5.41) is 13.5. The van der Waals surface area contributed by atoms with Crippen LogP contribution in [-0.4, -0.2) is 17.9 Å². The summed E-state index contributed by atoms with van der Waals surface area (Å²) in [6.45, 7) is 0. The molecular weight excluding hydrogens is 284 g/mol. The van der Waals surface area contributed by atoms with Gasteiger partial charge in [-0.25, -0.2) is 0 Å². The van der Waals surface area contributed by atoms with Crippen molar-refractivity contribution in [3.63, 3.8) is 0 Å². The van der Waals surface area contributed by atoms with Crippen molar-refractivity contribution < 1.29 is 14.5 Å². The monoisotopic (exact) mass is 298 g/mol. The Kier molecular flexibility index (Phi) is 4.87. The second kappa shape index (κ2) is 7.03. The number of nitrogens with zero attached hydrogens (tertiary/aromatic N) is 1. The van der Waals surface area contributed by atoms with Gasteiger partial charge in [-0.2, -0.15) is 0 Å². The molecule has 2 aromatic carbocycles. The van der Waals surface area contributed by atoms with E-state index in [1.165, 1.54) is 25.3 Å². The molecule has 2 rings (SSSR count). The first-order chi connectivity index (χ1) is 10.6. The Morgan fingerprint density at radius 1 is 1.23 bits per heavy atom. The number of nitrogens with one attached hydrogen (secondary N) is 1. The van der Waals surface area contributed by atoms with Gasteiger partial charge in [0.1, 0.15) is 0 Å². The van der Waals surface area contributed by atoms with E-state index in [1.807, 2.05) is 30.3 Å². The van der Waals surface area contributed by atoms with Gasteiger partial charge >= 0.3 is 5.69 Å². The molecule has 0 saturated heterocycles. The smallest absolute Gasteiger partial charge is 0.312 e. The summed E-state index contributed by atoms with van der Waals surface area (Å²) in [6, 6.07) is 13.6. The van der Waals surface area contributed by atoms with E-state index in [0.717, 1.165) is 5.56 Å². The summed E-state index contributed by atoms with van der Waals surface area (Å²) >= 11 is 0. The highest BCUT2D eigenvalue weighted by Gasteiger charge is 2.15. The molecule has 1 amide bonds. The molecule has 0 atom stereocenters. The molecular formula is C16H14N2O4. The Morgan fingerprint density at radius 3 is 2.59 bits per heavy atom. The number of nitro groups is 1. The quantitative estimate of drug-likeness (QED) is 0.522. The fourth-order valence-electron chi connectivity index (χ4n) is 1.83. The Morgan fingerprint density at radius 2 is 1.95 bits per heavy atom. The van der Waals surface area contributed by atoms with Gasteiger partial charge in [0.05, 0.1) is 12.0 Å². The maximum absolute atomic E-state index is 11.8. The maximum atomic E-state index is 11.8. The Bertz CT molecular complexity index is 711. The number of nitro benzene ring substituents is 1. The van der Waals surface area contributed by atoms with Crippen LogP contribution in [-0.2, 0) is 4.79 Å². The number of amides is 1. The minimum absolute atomic E-state index is 0.142. The number of methoxy groups -OCH3 is 1. The van der Waals surface area contributed by atoms with Crippen molar-refractivity contribution in [2.24, 2.45) is 0 Å². The first kappa shape index (κ1) is 15.2. The van der Waals surface area contributed by atoms with Crippen molar-refractivity contribution in [1.29, 1.82) is 0 Å². The molecule has 6 heteroatoms. The zero-order valence-electron chi connectivity index (χ0n) is 11.9. The van der Waals surface area contributed by atoms with Gasteiger partial charge in [0.15, 0.2) is 5.75 Å². The van der Waals surface area contributed by atoms with Crippen LogP contribution in [0.4, 0.5) is 11.4 Å². The van der Waals surface area contributed by atoms with Gasteiger partial charge < -0.3 is 10.1 Å². The zero-order valence-corrected chi connectivity index (χ0v) is 11.9. The lowest BCUT2D eigenvalue weighted by Gasteiger charge is -2.05. The predicted octanol–water partition coefficient (Wildman–Crippen LogP) is 3.26. The number of carbonyl (C=O) groups is 1. The molecule has 112 valence electrons. The molecule has 0 fully saturated rings. The number of rotatable bonds is 5. The molecule has 0 unspecified atom stereocenters. The molecule has 0 radical (unpaired) electrons. The van der Waals surface area contributed by atoms with Crippen LogP contribution in [0.2, 0.25) is 0 Å². The van der Waals surface area contributed by atoms with Gasteiger partial charge in [-0.05, 0) is 23.8 Å². The molecule has 0 aliphatic rings. The van der Waals surface area contributed by atoms with Gasteiger partial charge in [0, 0.05) is 17.8 Å². The van der Waals surface area contributed by atoms with Gasteiger partial charge in [-0.15, -0.1) is 0 Å². The molecule has 0 aliphatic heterocycles. The van der Waals surface area contributed by atoms with Gasteiger partial charge in [0.2, 0.25) is 5.91 Å². The van der Waals surface area contributed by atoms with Crippen LogP contribution in [0.1, 0.15) is 5.56 Å². The van der Waals surface area contributed by atoms with Crippen molar-refractivity contribution in [3.05, 3.63) is 70.3 Å². The maximum Gasteiger partial charge on any atom is 0.312 e. The first-order valence-electron chi connectivity index (χ1n) is 6.46. The van der Waals surface area contributed by atoms with Crippen LogP contribution in [0.25, 0.3) is 6.08 Å². The van der Waals surface area contributed by atoms with Crippen molar-refractivity contribution in [2.75, 3.05) is 12.4 Å². The van der Waals surface area contributed by atoms with E-state index in [-0.39, 0.29) is 17.3 Å². The molecule has 0 spiro atoms. The molecule has 0 saturated carbocycles. The van der Waals surface area contributed by atoms with Crippen molar-refractivity contribution in [1.82, 2.24) is 0 Å². The van der Waals surface area contributed by atoms with Crippen LogP contribution >= 0.6 is 0 Å². The molecule has 2 aromatic rings. The fourth-order valence-corrected chi connectivity index (χ4v) is 1.83. The summed E-state index contributed by atoms with van der Waals surface area (Å²) in [6.07, 6.45) is 3.03. The number of anilines is 1. The second-order valence-corrected chi connectivity index (χ2v) is 4.38. The summed E-state index contributed by atoms with van der Waals surface area (Å²) in [5.41, 5.74) is 1.01. The highest BCUT2D eigenvalue weighted by Crippen LogP contribution is 2.29. The predicted molar refractivity (Wildman–Crippen MR) is 83.8 cm³/mol. The molecule has 6 nitrogen and oxygen atoms in total. The number of hydrogen-bond acceptors (Lipinski definition) is 4. The summed E-state index contributed by atoms with van der Waals surface area (Å²) < 4.78 is 4.90. The molecule has 1 N–H and O–H groups in total. The van der Waals surface area contributed by atoms with E-state index in [0.29, 0.717) is 5.69 Å². The topological polar surface area (TPSA) is 81.5 Å². The standard InChI is InChI=1S/C16H14N2O4/c1-22-15-9-8-13(11-14(15)18(20)21)17-16(19)10-7-12-5-3-2-4-6-12/h2-11H,1H3,(H,17,19)/b10-7+. The lowest BCUT2D eigenvalue weighted by molar-refractivity contribution is -0.385. The second-order valence-electron chi connectivity index (χ2n) is 4.38. The summed E-state index contributed by atoms with van der Waals surface area (Å²) in [7, 11) is 1.35. The van der Waals surface area contributed by atoms with E-state index in [1.54, 1.807) is 12.1 Å². The molecule has 0 aromatic heterocycles. The number of benzene rings is 2. The normalized spacial score (nSPS) is 10.4. The first-order valence-corrected chi connectivity index (χ1v) is 6.46. The highest BCUT2D eigenvalue weighted by atomic mass is 16.6. The Labute approximate surface area is 127 Å². The van der Waals surface area contributed by atoms with Crippen LogP contribution in [0.3, 0.4) is 0 Å². The van der Waals surface area contributed by atoms with Gasteiger partial charge in [0.25, 0.3) is 0 Å². The Balaban J connectivity index is 2.10. The zero-order chi connectivity index (χ0) is 15.9. The SMILES string of the molecule is COc1ccc(NC(=O)/C=C/c2ccccc2)cc1[N+](=O)[O-]. The van der Waals surface area contributed by atoms with Gasteiger partial charge in [-0.1, -0.05) is 30.3 Å². The van der Waals surface area contributed by atoms with Crippen LogP contribution in [0.5, 0.6) is 5.75 Å². The molecule has 0 heterocycles. The van der Waals surface area contributed by atoms with Crippen LogP contribution in [0, 0.1) is 10.1 Å². The minimum atomic E-state index is -0.561. The summed E-state index contributed by atoms with van der Waals surface area (Å²) in [5.74, 6) is -0.230. The van der Waals surface area contributed by atoms with Crippen LogP contribution < -0.4 is 10.1 Å². The average Bonchev–Trinajstić information content (AvgIpc) is 2.54. The number of ether oxygens (including phenoxy) is 1. The van der Waals surface area contributed by atoms with E-state index < -0.39 is 4.92 Å². The highest BCUT2D eigenvalue weighted by molar-refractivity contribution is 6.02. The number of hydrogen-bond donors (Lipinski definition) is 1. The van der Waals surface area contributed by atoms with E-state index in [2.05, 4.69) is 5.32 Å². The largest absolute Gasteiger partial charge is 0.490 e. The number of carbonyl (C=O) groups excluding carboxylic acids is 1. The fraction of sp³-hybridized carbons (Fsp3) is 0.0625. The third kappa shape index (κ3) is 3.92. The molecule has 0 bridgehead atoms. The van der Waals surface area contributed by atoms with E-state index in [9.17, 15) is 14.9 Å². The van der Waals surface area contributed by atoms with Crippen molar-refractivity contribution >= 4 is 23.4 Å². The van der Waals surface area contributed by atoms with E-state index >= 15 is 0 Å². The Hall–Kier alpha value is -3.15. The molecule has 22 heavy (non-hydrogen) atoms. The van der Waals surface area contributed by atoms with Crippen LogP contribution in [0.15, 0.2) is 54.6 Å². The lowest BCUT2D eigenvalue weighted by atomic mass is 10.2. The average molecular weight is 298 g/mol. The van der Waals surface area contributed by atoms with Crippen molar-refractivity contribution in [3.8, 4) is 5.75 Å². The van der Waals surface area contributed by atoms with E-state index in [4.69, 9.17) is 4.74 Å². The minimum Gasteiger partial charge on any atom is -0.490 e.